The summed E-state index contributed by atoms with van der Waals surface area (Å²) in [6.45, 7) is 0.583. The van der Waals surface area contributed by atoms with E-state index in [0.29, 0.717) is 34.5 Å². The second-order valence-corrected chi connectivity index (χ2v) is 6.36. The Morgan fingerprint density at radius 2 is 2.20 bits per heavy atom. The molecule has 1 amide bonds. The number of ether oxygens (including phenoxy) is 1. The molecule has 0 aliphatic rings. The van der Waals surface area contributed by atoms with Crippen LogP contribution in [-0.2, 0) is 20.3 Å². The van der Waals surface area contributed by atoms with Crippen LogP contribution in [0.2, 0.25) is 5.02 Å². The fraction of sp³-hybridized carbons (Fsp3) is 0.462. The van der Waals surface area contributed by atoms with Crippen LogP contribution in [0.3, 0.4) is 0 Å². The number of hydrogen-bond acceptors (Lipinski definition) is 4. The first-order valence-electron chi connectivity index (χ1n) is 6.21. The molecule has 1 aromatic carbocycles. The average Bonchev–Trinajstić information content (AvgIpc) is 2.40. The third kappa shape index (κ3) is 6.36. The Labute approximate surface area is 126 Å². The van der Waals surface area contributed by atoms with Crippen LogP contribution in [0, 0.1) is 0 Å². The van der Waals surface area contributed by atoms with Crippen LogP contribution in [0.15, 0.2) is 18.2 Å². The molecule has 0 heterocycles. The molecule has 0 aromatic heterocycles. The number of nitrogen functional groups attached to an aromatic ring is 1. The van der Waals surface area contributed by atoms with Crippen molar-refractivity contribution in [3.05, 3.63) is 23.2 Å². The normalized spacial score (nSPS) is 12.1. The van der Waals surface area contributed by atoms with Crippen molar-refractivity contribution in [2.45, 2.75) is 12.8 Å². The topological polar surface area (TPSA) is 81.4 Å². The van der Waals surface area contributed by atoms with Crippen LogP contribution in [0.25, 0.3) is 0 Å². The fourth-order valence-electron chi connectivity index (χ4n) is 1.53. The summed E-state index contributed by atoms with van der Waals surface area (Å²) in [7, 11) is 0.602. The summed E-state index contributed by atoms with van der Waals surface area (Å²) >= 11 is 5.77. The molecule has 0 saturated carbocycles. The minimum Gasteiger partial charge on any atom is -0.397 e. The van der Waals surface area contributed by atoms with Gasteiger partial charge in [0.1, 0.15) is 0 Å². The first-order chi connectivity index (χ1) is 9.52. The van der Waals surface area contributed by atoms with Gasteiger partial charge < -0.3 is 15.8 Å². The van der Waals surface area contributed by atoms with Gasteiger partial charge in [-0.25, -0.2) is 0 Å². The van der Waals surface area contributed by atoms with Gasteiger partial charge in [0.25, 0.3) is 0 Å². The van der Waals surface area contributed by atoms with Crippen molar-refractivity contribution in [1.82, 2.24) is 0 Å². The molecule has 3 N–H and O–H groups in total. The summed E-state index contributed by atoms with van der Waals surface area (Å²) in [6.07, 6.45) is 0.927. The van der Waals surface area contributed by atoms with Gasteiger partial charge in [-0.1, -0.05) is 11.6 Å². The highest BCUT2D eigenvalue weighted by molar-refractivity contribution is 7.84. The lowest BCUT2D eigenvalue weighted by molar-refractivity contribution is -0.115. The van der Waals surface area contributed by atoms with E-state index in [9.17, 15) is 9.00 Å². The maximum atomic E-state index is 11.7. The predicted octanol–water partition coefficient (Wildman–Crippen LogP) is 2.04. The van der Waals surface area contributed by atoms with Gasteiger partial charge in [0, 0.05) is 47.5 Å². The van der Waals surface area contributed by atoms with Crippen molar-refractivity contribution in [2.75, 3.05) is 36.3 Å². The number of nitrogens with two attached hydrogens (primary N) is 1. The molecule has 0 bridgehead atoms. The third-order valence-corrected chi connectivity index (χ3v) is 4.20. The number of amides is 1. The molecular weight excluding hydrogens is 300 g/mol. The molecule has 1 atom stereocenters. The van der Waals surface area contributed by atoms with Gasteiger partial charge in [-0.05, 0) is 24.6 Å². The molecule has 1 rings (SSSR count). The smallest absolute Gasteiger partial charge is 0.225 e. The first-order valence-corrected chi connectivity index (χ1v) is 8.08. The molecule has 20 heavy (non-hydrogen) atoms. The number of carbonyl (C=O) groups excluding carboxylic acids is 1. The molecule has 0 fully saturated rings. The highest BCUT2D eigenvalue weighted by Crippen LogP contribution is 2.22. The van der Waals surface area contributed by atoms with E-state index in [-0.39, 0.29) is 12.3 Å². The molecule has 5 nitrogen and oxygen atoms in total. The van der Waals surface area contributed by atoms with Crippen LogP contribution in [0.1, 0.15) is 12.8 Å². The van der Waals surface area contributed by atoms with Crippen molar-refractivity contribution in [3.8, 4) is 0 Å². The van der Waals surface area contributed by atoms with Gasteiger partial charge in [0.05, 0.1) is 11.4 Å². The Morgan fingerprint density at radius 3 is 2.85 bits per heavy atom. The van der Waals surface area contributed by atoms with Gasteiger partial charge in [-0.3, -0.25) is 9.00 Å². The summed E-state index contributed by atoms with van der Waals surface area (Å²) in [4.78, 5) is 11.7. The summed E-state index contributed by atoms with van der Waals surface area (Å²) in [5, 5.41) is 3.19. The lowest BCUT2D eigenvalue weighted by Gasteiger charge is -2.08. The maximum Gasteiger partial charge on any atom is 0.225 e. The highest BCUT2D eigenvalue weighted by atomic mass is 35.5. The van der Waals surface area contributed by atoms with Crippen LogP contribution in [0.4, 0.5) is 11.4 Å². The van der Waals surface area contributed by atoms with E-state index in [2.05, 4.69) is 5.32 Å². The predicted molar refractivity (Wildman–Crippen MR) is 83.5 cm³/mol. The van der Waals surface area contributed by atoms with E-state index < -0.39 is 10.8 Å². The van der Waals surface area contributed by atoms with Crippen molar-refractivity contribution in [1.29, 1.82) is 0 Å². The molecule has 112 valence electrons. The zero-order valence-electron chi connectivity index (χ0n) is 11.4. The lowest BCUT2D eigenvalue weighted by atomic mass is 10.2. The molecule has 1 unspecified atom stereocenters. The Kier molecular flexibility index (Phi) is 7.58. The SMILES string of the molecule is COCCCS(=O)CCC(=O)Nc1ccc(Cl)cc1N. The van der Waals surface area contributed by atoms with Gasteiger partial charge in [0.15, 0.2) is 0 Å². The Morgan fingerprint density at radius 1 is 1.45 bits per heavy atom. The number of benzene rings is 1. The van der Waals surface area contributed by atoms with Gasteiger partial charge in [-0.2, -0.15) is 0 Å². The van der Waals surface area contributed by atoms with Crippen LogP contribution >= 0.6 is 11.6 Å². The van der Waals surface area contributed by atoms with E-state index in [0.717, 1.165) is 6.42 Å². The standard InChI is InChI=1S/C13H19ClN2O3S/c1-19-6-2-7-20(18)8-5-13(17)16-12-4-3-10(14)9-11(12)15/h3-4,9H,2,5-8,15H2,1H3,(H,16,17). The minimum atomic E-state index is -1.00. The fourth-order valence-corrected chi connectivity index (χ4v) is 2.77. The molecule has 1 aromatic rings. The molecule has 0 aliphatic heterocycles. The maximum absolute atomic E-state index is 11.7. The minimum absolute atomic E-state index is 0.196. The largest absolute Gasteiger partial charge is 0.397 e. The molecule has 0 saturated heterocycles. The van der Waals surface area contributed by atoms with E-state index >= 15 is 0 Å². The second-order valence-electron chi connectivity index (χ2n) is 4.22. The zero-order valence-corrected chi connectivity index (χ0v) is 12.9. The quantitative estimate of drug-likeness (QED) is 0.567. The number of anilines is 2. The van der Waals surface area contributed by atoms with E-state index in [1.165, 1.54) is 0 Å². The zero-order chi connectivity index (χ0) is 15.0. The van der Waals surface area contributed by atoms with E-state index in [1.807, 2.05) is 0 Å². The molecule has 0 aliphatic carbocycles. The third-order valence-electron chi connectivity index (χ3n) is 2.56. The molecule has 0 spiro atoms. The number of methoxy groups -OCH3 is 1. The number of hydrogen-bond donors (Lipinski definition) is 2. The Hall–Kier alpha value is -1.11. The average molecular weight is 319 g/mol. The van der Waals surface area contributed by atoms with Crippen molar-refractivity contribution < 1.29 is 13.7 Å². The lowest BCUT2D eigenvalue weighted by Crippen LogP contribution is -2.17. The first kappa shape index (κ1) is 16.9. The number of carbonyl (C=O) groups is 1. The summed E-state index contributed by atoms with van der Waals surface area (Å²) in [5.41, 5.74) is 6.66. The van der Waals surface area contributed by atoms with Gasteiger partial charge >= 0.3 is 0 Å². The monoisotopic (exact) mass is 318 g/mol. The van der Waals surface area contributed by atoms with E-state index in [1.54, 1.807) is 25.3 Å². The summed E-state index contributed by atoms with van der Waals surface area (Å²) < 4.78 is 16.5. The number of halogens is 1. The number of nitrogens with one attached hydrogen (secondary N) is 1. The molecule has 7 heteroatoms. The van der Waals surface area contributed by atoms with Gasteiger partial charge in [-0.15, -0.1) is 0 Å². The van der Waals surface area contributed by atoms with Crippen LogP contribution in [-0.4, -0.2) is 35.3 Å². The summed E-state index contributed by atoms with van der Waals surface area (Å²) in [5.74, 6) is 0.673. The Balaban J connectivity index is 2.34. The van der Waals surface area contributed by atoms with Crippen molar-refractivity contribution >= 4 is 39.7 Å². The van der Waals surface area contributed by atoms with Gasteiger partial charge in [0.2, 0.25) is 5.91 Å². The Bertz CT molecular complexity index is 483. The summed E-state index contributed by atoms with van der Waals surface area (Å²) in [6, 6.07) is 4.86. The van der Waals surface area contributed by atoms with Crippen molar-refractivity contribution in [3.63, 3.8) is 0 Å². The molecular formula is C13H19ClN2O3S. The highest BCUT2D eigenvalue weighted by Gasteiger charge is 2.08. The van der Waals surface area contributed by atoms with Crippen LogP contribution < -0.4 is 11.1 Å². The second kappa shape index (κ2) is 8.94. The molecule has 0 radical (unpaired) electrons. The number of rotatable bonds is 8. The van der Waals surface area contributed by atoms with Crippen molar-refractivity contribution in [2.24, 2.45) is 0 Å². The van der Waals surface area contributed by atoms with Crippen LogP contribution in [0.5, 0.6) is 0 Å². The van der Waals surface area contributed by atoms with E-state index in [4.69, 9.17) is 22.1 Å².